The fraction of sp³-hybridized carbons (Fsp3) is 0.476. The third-order valence-corrected chi connectivity index (χ3v) is 6.54. The molecule has 2 aliphatic heterocycles. The van der Waals surface area contributed by atoms with Crippen LogP contribution in [0.4, 0.5) is 21.7 Å². The molecule has 0 bridgehead atoms. The highest BCUT2D eigenvalue weighted by Crippen LogP contribution is 2.26. The first kappa shape index (κ1) is 19.9. The summed E-state index contributed by atoms with van der Waals surface area (Å²) in [6.07, 6.45) is 3.14. The molecule has 8 heteroatoms. The van der Waals surface area contributed by atoms with Gasteiger partial charge >= 0.3 is 0 Å². The highest BCUT2D eigenvalue weighted by Gasteiger charge is 2.26. The number of carbonyl (C=O) groups is 1. The maximum atomic E-state index is 13.7. The van der Waals surface area contributed by atoms with Crippen molar-refractivity contribution in [1.82, 2.24) is 9.97 Å². The Kier molecular flexibility index (Phi) is 6.18. The maximum absolute atomic E-state index is 13.7. The molecular weight excluding hydrogens is 389 g/mol. The number of carbonyl (C=O) groups excluding carboxylic acids is 1. The molecule has 2 aromatic rings. The maximum Gasteiger partial charge on any atom is 0.227 e. The average molecular weight is 416 g/mol. The number of thioether (sulfide) groups is 1. The van der Waals surface area contributed by atoms with E-state index in [4.69, 9.17) is 0 Å². The van der Waals surface area contributed by atoms with Gasteiger partial charge in [0.2, 0.25) is 5.91 Å². The van der Waals surface area contributed by atoms with Gasteiger partial charge in [-0.25, -0.2) is 14.4 Å². The quantitative estimate of drug-likeness (QED) is 0.827. The molecular formula is C21H26FN5OS. The number of benzene rings is 1. The highest BCUT2D eigenvalue weighted by molar-refractivity contribution is 7.99. The Labute approximate surface area is 174 Å². The van der Waals surface area contributed by atoms with E-state index in [1.165, 1.54) is 6.07 Å². The minimum atomic E-state index is -0.301. The second kappa shape index (κ2) is 8.98. The molecule has 154 valence electrons. The smallest absolute Gasteiger partial charge is 0.227 e. The Morgan fingerprint density at radius 3 is 2.38 bits per heavy atom. The standard InChI is InChI=1S/C21H26FN5OS/c1-15-2-3-17(12-18(15)22)25-21(28)16-4-6-26(7-5-16)19-13-20(24-14-23-19)27-8-10-29-11-9-27/h2-3,12-14,16H,4-11H2,1H3,(H,25,28). The summed E-state index contributed by atoms with van der Waals surface area (Å²) >= 11 is 1.98. The van der Waals surface area contributed by atoms with Crippen LogP contribution in [0.2, 0.25) is 0 Å². The summed E-state index contributed by atoms with van der Waals surface area (Å²) in [6.45, 7) is 5.28. The van der Waals surface area contributed by atoms with E-state index in [0.717, 1.165) is 62.2 Å². The van der Waals surface area contributed by atoms with E-state index >= 15 is 0 Å². The predicted molar refractivity (Wildman–Crippen MR) is 116 cm³/mol. The summed E-state index contributed by atoms with van der Waals surface area (Å²) in [6, 6.07) is 6.86. The summed E-state index contributed by atoms with van der Waals surface area (Å²) in [5, 5.41) is 2.85. The highest BCUT2D eigenvalue weighted by atomic mass is 32.2. The van der Waals surface area contributed by atoms with Gasteiger partial charge in [-0.1, -0.05) is 6.07 Å². The Hall–Kier alpha value is -2.35. The van der Waals surface area contributed by atoms with Gasteiger partial charge in [-0.05, 0) is 37.5 Å². The first-order valence-electron chi connectivity index (χ1n) is 10.1. The number of aromatic nitrogens is 2. The van der Waals surface area contributed by atoms with Gasteiger partial charge < -0.3 is 15.1 Å². The van der Waals surface area contributed by atoms with Crippen LogP contribution in [0.15, 0.2) is 30.6 Å². The van der Waals surface area contributed by atoms with Crippen molar-refractivity contribution < 1.29 is 9.18 Å². The molecule has 0 saturated carbocycles. The molecule has 2 fully saturated rings. The number of nitrogens with zero attached hydrogens (tertiary/aromatic N) is 4. The van der Waals surface area contributed by atoms with Gasteiger partial charge in [0.05, 0.1) is 0 Å². The van der Waals surface area contributed by atoms with Crippen molar-refractivity contribution in [3.05, 3.63) is 42.0 Å². The van der Waals surface area contributed by atoms with Crippen molar-refractivity contribution in [1.29, 1.82) is 0 Å². The number of halogens is 1. The van der Waals surface area contributed by atoms with E-state index in [1.54, 1.807) is 25.4 Å². The summed E-state index contributed by atoms with van der Waals surface area (Å²) in [5.74, 6) is 3.75. The van der Waals surface area contributed by atoms with E-state index in [9.17, 15) is 9.18 Å². The van der Waals surface area contributed by atoms with E-state index in [2.05, 4.69) is 31.2 Å². The molecule has 4 rings (SSSR count). The van der Waals surface area contributed by atoms with Crippen molar-refractivity contribution in [2.75, 3.05) is 52.8 Å². The molecule has 0 atom stereocenters. The van der Waals surface area contributed by atoms with Gasteiger partial charge in [0, 0.05) is 55.4 Å². The third kappa shape index (κ3) is 4.80. The normalized spacial score (nSPS) is 18.0. The minimum absolute atomic E-state index is 0.0397. The first-order chi connectivity index (χ1) is 14.1. The molecule has 0 radical (unpaired) electrons. The lowest BCUT2D eigenvalue weighted by molar-refractivity contribution is -0.120. The lowest BCUT2D eigenvalue weighted by Gasteiger charge is -2.33. The second-order valence-electron chi connectivity index (χ2n) is 7.55. The number of piperidine rings is 1. The van der Waals surface area contributed by atoms with Crippen molar-refractivity contribution >= 4 is 35.0 Å². The van der Waals surface area contributed by atoms with Crippen LogP contribution in [0.1, 0.15) is 18.4 Å². The van der Waals surface area contributed by atoms with Crippen molar-refractivity contribution in [2.45, 2.75) is 19.8 Å². The Morgan fingerprint density at radius 1 is 1.07 bits per heavy atom. The monoisotopic (exact) mass is 415 g/mol. The zero-order chi connectivity index (χ0) is 20.2. The number of hydrogen-bond acceptors (Lipinski definition) is 6. The van der Waals surface area contributed by atoms with Gasteiger partial charge in [-0.2, -0.15) is 11.8 Å². The minimum Gasteiger partial charge on any atom is -0.356 e. The number of nitrogens with one attached hydrogen (secondary N) is 1. The van der Waals surface area contributed by atoms with Crippen LogP contribution in [0.3, 0.4) is 0 Å². The van der Waals surface area contributed by atoms with Crippen molar-refractivity contribution in [3.8, 4) is 0 Å². The van der Waals surface area contributed by atoms with E-state index < -0.39 is 0 Å². The summed E-state index contributed by atoms with van der Waals surface area (Å²) in [5.41, 5.74) is 1.09. The van der Waals surface area contributed by atoms with Crippen LogP contribution in [0, 0.1) is 18.7 Å². The number of hydrogen-bond donors (Lipinski definition) is 1. The molecule has 0 unspecified atom stereocenters. The zero-order valence-electron chi connectivity index (χ0n) is 16.6. The molecule has 0 spiro atoms. The second-order valence-corrected chi connectivity index (χ2v) is 8.77. The molecule has 29 heavy (non-hydrogen) atoms. The molecule has 6 nitrogen and oxygen atoms in total. The molecule has 0 aliphatic carbocycles. The van der Waals surface area contributed by atoms with Gasteiger partial charge in [0.25, 0.3) is 0 Å². The molecule has 3 heterocycles. The Balaban J connectivity index is 1.34. The van der Waals surface area contributed by atoms with Crippen LogP contribution in [0.5, 0.6) is 0 Å². The lowest BCUT2D eigenvalue weighted by Crippen LogP contribution is -2.39. The van der Waals surface area contributed by atoms with Crippen LogP contribution >= 0.6 is 11.8 Å². The molecule has 2 saturated heterocycles. The number of aryl methyl sites for hydroxylation is 1. The van der Waals surface area contributed by atoms with Gasteiger partial charge in [0.1, 0.15) is 23.8 Å². The van der Waals surface area contributed by atoms with Crippen molar-refractivity contribution in [3.63, 3.8) is 0 Å². The molecule has 1 aromatic carbocycles. The number of rotatable bonds is 4. The van der Waals surface area contributed by atoms with Crippen molar-refractivity contribution in [2.24, 2.45) is 5.92 Å². The number of anilines is 3. The Morgan fingerprint density at radius 2 is 1.72 bits per heavy atom. The predicted octanol–water partition coefficient (Wildman–Crippen LogP) is 3.33. The van der Waals surface area contributed by atoms with Crippen LogP contribution in [-0.2, 0) is 4.79 Å². The number of amides is 1. The summed E-state index contributed by atoms with van der Waals surface area (Å²) in [7, 11) is 0. The molecule has 1 aromatic heterocycles. The lowest BCUT2D eigenvalue weighted by atomic mass is 9.95. The van der Waals surface area contributed by atoms with E-state index in [1.807, 2.05) is 11.8 Å². The molecule has 1 N–H and O–H groups in total. The van der Waals surface area contributed by atoms with E-state index in [-0.39, 0.29) is 17.6 Å². The largest absolute Gasteiger partial charge is 0.356 e. The van der Waals surface area contributed by atoms with E-state index in [0.29, 0.717) is 11.3 Å². The third-order valence-electron chi connectivity index (χ3n) is 5.60. The topological polar surface area (TPSA) is 61.4 Å². The van der Waals surface area contributed by atoms with Crippen LogP contribution in [0.25, 0.3) is 0 Å². The zero-order valence-corrected chi connectivity index (χ0v) is 17.4. The summed E-state index contributed by atoms with van der Waals surface area (Å²) in [4.78, 5) is 26.0. The molecule has 1 amide bonds. The Bertz CT molecular complexity index is 866. The first-order valence-corrected chi connectivity index (χ1v) is 11.2. The van der Waals surface area contributed by atoms with Gasteiger partial charge in [0.15, 0.2) is 0 Å². The fourth-order valence-corrected chi connectivity index (χ4v) is 4.66. The van der Waals surface area contributed by atoms with Crippen LogP contribution < -0.4 is 15.1 Å². The fourth-order valence-electron chi connectivity index (χ4n) is 3.76. The summed E-state index contributed by atoms with van der Waals surface area (Å²) < 4.78 is 13.7. The van der Waals surface area contributed by atoms with Gasteiger partial charge in [-0.3, -0.25) is 4.79 Å². The average Bonchev–Trinajstić information content (AvgIpc) is 2.77. The van der Waals surface area contributed by atoms with Crippen LogP contribution in [-0.4, -0.2) is 53.6 Å². The SMILES string of the molecule is Cc1ccc(NC(=O)C2CCN(c3cc(N4CCSCC4)ncn3)CC2)cc1F. The van der Waals surface area contributed by atoms with Gasteiger partial charge in [-0.15, -0.1) is 0 Å². The molecule has 2 aliphatic rings.